The largest absolute Gasteiger partial charge is 0.507 e. The molecule has 0 spiro atoms. The summed E-state index contributed by atoms with van der Waals surface area (Å²) < 4.78 is 30.7. The number of phenols is 1. The number of benzene rings is 3. The molecule has 0 aliphatic carbocycles. The number of methoxy groups -OCH3 is 2. The molecule has 3 aromatic rings. The summed E-state index contributed by atoms with van der Waals surface area (Å²) in [5, 5.41) is 17.2. The van der Waals surface area contributed by atoms with Gasteiger partial charge >= 0.3 is 0 Å². The van der Waals surface area contributed by atoms with Crippen molar-refractivity contribution in [3.63, 3.8) is 0 Å². The molecule has 6 nitrogen and oxygen atoms in total. The lowest BCUT2D eigenvalue weighted by Crippen LogP contribution is -2.33. The van der Waals surface area contributed by atoms with Crippen LogP contribution in [0, 0.1) is 5.82 Å². The van der Waals surface area contributed by atoms with Gasteiger partial charge in [-0.25, -0.2) is 9.40 Å². The van der Waals surface area contributed by atoms with E-state index in [0.29, 0.717) is 34.9 Å². The van der Waals surface area contributed by atoms with Gasteiger partial charge < -0.3 is 19.3 Å². The van der Waals surface area contributed by atoms with Crippen molar-refractivity contribution in [2.75, 3.05) is 14.2 Å². The summed E-state index contributed by atoms with van der Waals surface area (Å²) in [6.07, 6.45) is -0.0123. The number of halogens is 1. The molecule has 0 radical (unpaired) electrons. The second kappa shape index (κ2) is 7.50. The zero-order valence-electron chi connectivity index (χ0n) is 17.1. The summed E-state index contributed by atoms with van der Waals surface area (Å²) in [5.41, 5.74) is 3.03. The van der Waals surface area contributed by atoms with Crippen LogP contribution in [0.2, 0.25) is 0 Å². The molecule has 0 amide bonds. The van der Waals surface area contributed by atoms with E-state index < -0.39 is 6.23 Å². The standard InChI is InChI=1S/C24H21FN2O4/c1-29-16-10-11-21(28)18(12-16)19-13-20-17-4-3-5-22(30-2)23(17)31-24(27(20)26-19)14-6-8-15(25)9-7-14/h3-12,20,24,28H,13H2,1-2H3. The van der Waals surface area contributed by atoms with Gasteiger partial charge in [0.2, 0.25) is 6.23 Å². The summed E-state index contributed by atoms with van der Waals surface area (Å²) in [6.45, 7) is 0. The summed E-state index contributed by atoms with van der Waals surface area (Å²) >= 11 is 0. The van der Waals surface area contributed by atoms with Gasteiger partial charge in [-0.1, -0.05) is 24.3 Å². The molecule has 2 aliphatic heterocycles. The number of nitrogens with zero attached hydrogens (tertiary/aromatic N) is 2. The minimum absolute atomic E-state index is 0.129. The first kappa shape index (κ1) is 19.2. The van der Waals surface area contributed by atoms with Gasteiger partial charge in [-0.05, 0) is 36.4 Å². The van der Waals surface area contributed by atoms with Gasteiger partial charge in [0.25, 0.3) is 0 Å². The van der Waals surface area contributed by atoms with Crippen LogP contribution in [0.5, 0.6) is 23.0 Å². The lowest BCUT2D eigenvalue weighted by atomic mass is 9.95. The van der Waals surface area contributed by atoms with Crippen LogP contribution >= 0.6 is 0 Å². The average Bonchev–Trinajstić information content (AvgIpc) is 3.24. The third-order valence-electron chi connectivity index (χ3n) is 5.67. The smallest absolute Gasteiger partial charge is 0.214 e. The number of rotatable bonds is 4. The fourth-order valence-corrected chi connectivity index (χ4v) is 4.13. The Hall–Kier alpha value is -3.74. The van der Waals surface area contributed by atoms with Crippen LogP contribution in [-0.2, 0) is 0 Å². The van der Waals surface area contributed by atoms with Crippen LogP contribution in [0.25, 0.3) is 0 Å². The molecule has 7 heteroatoms. The highest BCUT2D eigenvalue weighted by Gasteiger charge is 2.42. The highest BCUT2D eigenvalue weighted by atomic mass is 19.1. The highest BCUT2D eigenvalue weighted by molar-refractivity contribution is 6.04. The van der Waals surface area contributed by atoms with Crippen LogP contribution in [0.15, 0.2) is 65.8 Å². The summed E-state index contributed by atoms with van der Waals surface area (Å²) in [4.78, 5) is 0. The molecule has 0 saturated carbocycles. The zero-order chi connectivity index (χ0) is 21.5. The van der Waals surface area contributed by atoms with Crippen molar-refractivity contribution in [3.8, 4) is 23.0 Å². The summed E-state index contributed by atoms with van der Waals surface area (Å²) in [5.74, 6) is 1.72. The van der Waals surface area contributed by atoms with Crippen LogP contribution in [0.3, 0.4) is 0 Å². The van der Waals surface area contributed by atoms with Gasteiger partial charge in [-0.2, -0.15) is 5.10 Å². The van der Waals surface area contributed by atoms with Crippen LogP contribution < -0.4 is 14.2 Å². The molecule has 2 heterocycles. The molecular formula is C24H21FN2O4. The second-order valence-electron chi connectivity index (χ2n) is 7.43. The third kappa shape index (κ3) is 3.22. The Bertz CT molecular complexity index is 1160. The molecule has 3 aromatic carbocycles. The predicted octanol–water partition coefficient (Wildman–Crippen LogP) is 4.79. The highest BCUT2D eigenvalue weighted by Crippen LogP contribution is 2.51. The van der Waals surface area contributed by atoms with Gasteiger partial charge in [0.15, 0.2) is 11.5 Å². The Labute approximate surface area is 179 Å². The van der Waals surface area contributed by atoms with E-state index >= 15 is 0 Å². The molecule has 5 rings (SSSR count). The Balaban J connectivity index is 1.63. The van der Waals surface area contributed by atoms with Gasteiger partial charge in [0.05, 0.1) is 26.0 Å². The first-order chi connectivity index (χ1) is 15.1. The fourth-order valence-electron chi connectivity index (χ4n) is 4.13. The second-order valence-corrected chi connectivity index (χ2v) is 7.43. The Morgan fingerprint density at radius 2 is 1.87 bits per heavy atom. The van der Waals surface area contributed by atoms with E-state index in [-0.39, 0.29) is 17.6 Å². The number of ether oxygens (including phenoxy) is 3. The maximum Gasteiger partial charge on any atom is 0.214 e. The normalized spacial score (nSPS) is 19.2. The van der Waals surface area contributed by atoms with E-state index in [0.717, 1.165) is 11.1 Å². The molecule has 0 aromatic heterocycles. The minimum Gasteiger partial charge on any atom is -0.507 e. The van der Waals surface area contributed by atoms with Gasteiger partial charge in [0, 0.05) is 23.1 Å². The van der Waals surface area contributed by atoms with E-state index in [1.165, 1.54) is 12.1 Å². The Kier molecular flexibility index (Phi) is 4.66. The molecule has 2 atom stereocenters. The lowest BCUT2D eigenvalue weighted by Gasteiger charge is -2.38. The molecule has 0 fully saturated rings. The van der Waals surface area contributed by atoms with E-state index in [4.69, 9.17) is 19.3 Å². The molecule has 0 bridgehead atoms. The first-order valence-electron chi connectivity index (χ1n) is 9.91. The average molecular weight is 420 g/mol. The van der Waals surface area contributed by atoms with Crippen molar-refractivity contribution in [1.29, 1.82) is 0 Å². The Morgan fingerprint density at radius 3 is 2.61 bits per heavy atom. The molecule has 1 N–H and O–H groups in total. The number of aromatic hydroxyl groups is 1. The number of phenolic OH excluding ortho intramolecular Hbond substituents is 1. The van der Waals surface area contributed by atoms with E-state index in [9.17, 15) is 9.50 Å². The maximum absolute atomic E-state index is 13.5. The quantitative estimate of drug-likeness (QED) is 0.658. The van der Waals surface area contributed by atoms with Crippen molar-refractivity contribution in [2.24, 2.45) is 5.10 Å². The zero-order valence-corrected chi connectivity index (χ0v) is 17.1. The fraction of sp³-hybridized carbons (Fsp3) is 0.208. The summed E-state index contributed by atoms with van der Waals surface area (Å²) in [7, 11) is 3.18. The number of hydrogen-bond acceptors (Lipinski definition) is 6. The summed E-state index contributed by atoms with van der Waals surface area (Å²) in [6, 6.07) is 16.9. The number of hydrazone groups is 1. The van der Waals surface area contributed by atoms with Gasteiger partial charge in [-0.3, -0.25) is 0 Å². The number of fused-ring (bicyclic) bond motifs is 3. The van der Waals surface area contributed by atoms with Crippen LogP contribution in [0.4, 0.5) is 4.39 Å². The lowest BCUT2D eigenvalue weighted by molar-refractivity contribution is -0.0209. The first-order valence-corrected chi connectivity index (χ1v) is 9.91. The van der Waals surface area contributed by atoms with E-state index in [1.807, 2.05) is 23.2 Å². The molecule has 31 heavy (non-hydrogen) atoms. The molecule has 2 unspecified atom stereocenters. The molecule has 0 saturated heterocycles. The molecule has 2 aliphatic rings. The number of para-hydroxylation sites is 1. The predicted molar refractivity (Wildman–Crippen MR) is 113 cm³/mol. The third-order valence-corrected chi connectivity index (χ3v) is 5.67. The number of hydrogen-bond donors (Lipinski definition) is 1. The van der Waals surface area contributed by atoms with E-state index in [2.05, 4.69) is 0 Å². The monoisotopic (exact) mass is 420 g/mol. The van der Waals surface area contributed by atoms with Gasteiger partial charge in [-0.15, -0.1) is 0 Å². The van der Waals surface area contributed by atoms with Crippen molar-refractivity contribution in [2.45, 2.75) is 18.7 Å². The Morgan fingerprint density at radius 1 is 1.06 bits per heavy atom. The van der Waals surface area contributed by atoms with Crippen LogP contribution in [-0.4, -0.2) is 30.0 Å². The van der Waals surface area contributed by atoms with Crippen molar-refractivity contribution in [1.82, 2.24) is 5.01 Å². The molecular weight excluding hydrogens is 399 g/mol. The minimum atomic E-state index is -0.570. The van der Waals surface area contributed by atoms with Crippen molar-refractivity contribution < 1.29 is 23.7 Å². The van der Waals surface area contributed by atoms with Crippen molar-refractivity contribution >= 4 is 5.71 Å². The van der Waals surface area contributed by atoms with Crippen molar-refractivity contribution in [3.05, 3.63) is 83.2 Å². The maximum atomic E-state index is 13.5. The van der Waals surface area contributed by atoms with Gasteiger partial charge in [0.1, 0.15) is 17.3 Å². The topological polar surface area (TPSA) is 63.5 Å². The van der Waals surface area contributed by atoms with Crippen LogP contribution in [0.1, 0.15) is 35.4 Å². The SMILES string of the molecule is COc1ccc(O)c(C2=NN3C(C2)c2cccc(OC)c2OC3c2ccc(F)cc2)c1. The van der Waals surface area contributed by atoms with E-state index in [1.54, 1.807) is 44.6 Å². The molecule has 158 valence electrons.